The fourth-order valence-corrected chi connectivity index (χ4v) is 4.07. The van der Waals surface area contributed by atoms with Gasteiger partial charge in [0, 0.05) is 27.9 Å². The molecule has 4 rings (SSSR count). The van der Waals surface area contributed by atoms with Gasteiger partial charge in [0.1, 0.15) is 5.82 Å². The molecule has 2 aromatic rings. The van der Waals surface area contributed by atoms with Crippen molar-refractivity contribution in [2.24, 2.45) is 0 Å². The van der Waals surface area contributed by atoms with Crippen LogP contribution in [0.3, 0.4) is 0 Å². The van der Waals surface area contributed by atoms with E-state index < -0.39 is 0 Å². The lowest BCUT2D eigenvalue weighted by Gasteiger charge is -2.28. The monoisotopic (exact) mass is 357 g/mol. The summed E-state index contributed by atoms with van der Waals surface area (Å²) in [6, 6.07) is 8.13. The van der Waals surface area contributed by atoms with Gasteiger partial charge < -0.3 is 10.4 Å². The molecule has 1 heterocycles. The summed E-state index contributed by atoms with van der Waals surface area (Å²) in [5.74, 6) is 1.74. The molecule has 0 saturated heterocycles. The number of rotatable bonds is 3. The Bertz CT molecular complexity index is 757. The molecule has 0 spiro atoms. The van der Waals surface area contributed by atoms with Gasteiger partial charge in [0.2, 0.25) is 0 Å². The number of nitrogens with one attached hydrogen (secondary N) is 1. The molecule has 0 amide bonds. The van der Waals surface area contributed by atoms with Gasteiger partial charge in [-0.3, -0.25) is 0 Å². The first-order valence-corrected chi connectivity index (χ1v) is 9.67. The maximum atomic E-state index is 9.74. The fraction of sp³-hybridized carbons (Fsp3) is 0.500. The lowest BCUT2D eigenvalue weighted by molar-refractivity contribution is 0.126. The van der Waals surface area contributed by atoms with Gasteiger partial charge in [0.15, 0.2) is 5.82 Å². The average Bonchev–Trinajstić information content (AvgIpc) is 2.63. The number of aryl methyl sites for hydroxylation is 1. The number of benzene rings is 1. The molecule has 0 aliphatic heterocycles. The van der Waals surface area contributed by atoms with Crippen molar-refractivity contribution in [2.75, 3.05) is 5.32 Å². The Balaban J connectivity index is 1.68. The van der Waals surface area contributed by atoms with Gasteiger partial charge >= 0.3 is 0 Å². The van der Waals surface area contributed by atoms with Gasteiger partial charge in [-0.25, -0.2) is 9.97 Å². The van der Waals surface area contributed by atoms with Crippen molar-refractivity contribution in [3.05, 3.63) is 40.5 Å². The van der Waals surface area contributed by atoms with E-state index in [1.54, 1.807) is 0 Å². The Hall–Kier alpha value is -1.65. The molecule has 4 nitrogen and oxygen atoms in total. The van der Waals surface area contributed by atoms with E-state index in [1.807, 2.05) is 24.3 Å². The summed E-state index contributed by atoms with van der Waals surface area (Å²) >= 11 is 6.15. The van der Waals surface area contributed by atoms with E-state index in [1.165, 1.54) is 24.1 Å². The third-order valence-electron chi connectivity index (χ3n) is 5.30. The molecule has 0 bridgehead atoms. The molecule has 1 aromatic carbocycles. The minimum Gasteiger partial charge on any atom is -0.393 e. The molecule has 5 heteroatoms. The highest BCUT2D eigenvalue weighted by Gasteiger charge is 2.23. The third-order valence-corrected chi connectivity index (χ3v) is 5.54. The minimum atomic E-state index is -0.139. The van der Waals surface area contributed by atoms with Crippen LogP contribution in [0.5, 0.6) is 0 Å². The van der Waals surface area contributed by atoms with E-state index in [-0.39, 0.29) is 6.10 Å². The summed E-state index contributed by atoms with van der Waals surface area (Å²) < 4.78 is 0. The minimum absolute atomic E-state index is 0.139. The predicted octanol–water partition coefficient (Wildman–Crippen LogP) is 4.39. The van der Waals surface area contributed by atoms with Crippen LogP contribution in [-0.2, 0) is 12.8 Å². The van der Waals surface area contributed by atoms with Gasteiger partial charge in [-0.2, -0.15) is 0 Å². The number of hydrogen-bond donors (Lipinski definition) is 2. The molecule has 2 N–H and O–H groups in total. The topological polar surface area (TPSA) is 58.0 Å². The maximum absolute atomic E-state index is 9.74. The molecule has 2 aliphatic rings. The lowest BCUT2D eigenvalue weighted by Crippen LogP contribution is -2.29. The van der Waals surface area contributed by atoms with Crippen molar-refractivity contribution in [3.63, 3.8) is 0 Å². The smallest absolute Gasteiger partial charge is 0.161 e. The van der Waals surface area contributed by atoms with Crippen LogP contribution in [0.2, 0.25) is 5.02 Å². The highest BCUT2D eigenvalue weighted by Crippen LogP contribution is 2.31. The van der Waals surface area contributed by atoms with Crippen LogP contribution in [0.4, 0.5) is 5.82 Å². The van der Waals surface area contributed by atoms with Gasteiger partial charge in [0.25, 0.3) is 0 Å². The summed E-state index contributed by atoms with van der Waals surface area (Å²) in [6.07, 6.45) is 8.03. The number of aromatic nitrogens is 2. The first kappa shape index (κ1) is 16.8. The number of hydrogen-bond acceptors (Lipinski definition) is 4. The molecule has 1 fully saturated rings. The lowest BCUT2D eigenvalue weighted by atomic mass is 9.92. The van der Waals surface area contributed by atoms with Crippen LogP contribution >= 0.6 is 11.6 Å². The highest BCUT2D eigenvalue weighted by molar-refractivity contribution is 6.30. The van der Waals surface area contributed by atoms with Crippen LogP contribution in [0.1, 0.15) is 49.8 Å². The quantitative estimate of drug-likeness (QED) is 0.855. The van der Waals surface area contributed by atoms with Crippen LogP contribution in [0, 0.1) is 0 Å². The van der Waals surface area contributed by atoms with Crippen molar-refractivity contribution >= 4 is 17.4 Å². The molecular weight excluding hydrogens is 334 g/mol. The summed E-state index contributed by atoms with van der Waals surface area (Å²) in [6.45, 7) is 0. The zero-order valence-corrected chi connectivity index (χ0v) is 15.1. The molecule has 0 radical (unpaired) electrons. The standard InChI is InChI=1S/C20H24ClN3O/c21-14-5-3-4-13(12-14)19-23-18-7-2-1-6-17(18)20(24-19)22-15-8-10-16(25)11-9-15/h3-5,12,15-16,25H,1-2,6-11H2,(H,22,23,24). The second-order valence-electron chi connectivity index (χ2n) is 7.19. The van der Waals surface area contributed by atoms with Gasteiger partial charge in [-0.05, 0) is 63.5 Å². The Morgan fingerprint density at radius 3 is 2.64 bits per heavy atom. The SMILES string of the molecule is OC1CCC(Nc2nc(-c3cccc(Cl)c3)nc3c2CCCC3)CC1. The average molecular weight is 358 g/mol. The van der Waals surface area contributed by atoms with Crippen molar-refractivity contribution in [2.45, 2.75) is 63.5 Å². The highest BCUT2D eigenvalue weighted by atomic mass is 35.5. The summed E-state index contributed by atoms with van der Waals surface area (Å²) in [5, 5.41) is 14.1. The summed E-state index contributed by atoms with van der Waals surface area (Å²) in [7, 11) is 0. The number of aliphatic hydroxyl groups excluding tert-OH is 1. The van der Waals surface area contributed by atoms with Gasteiger partial charge in [0.05, 0.1) is 6.10 Å². The Kier molecular flexibility index (Phi) is 4.91. The van der Waals surface area contributed by atoms with E-state index in [0.29, 0.717) is 11.1 Å². The van der Waals surface area contributed by atoms with Gasteiger partial charge in [-0.1, -0.05) is 23.7 Å². The van der Waals surface area contributed by atoms with Gasteiger partial charge in [-0.15, -0.1) is 0 Å². The van der Waals surface area contributed by atoms with E-state index >= 15 is 0 Å². The van der Waals surface area contributed by atoms with Crippen LogP contribution in [0.15, 0.2) is 24.3 Å². The number of anilines is 1. The van der Waals surface area contributed by atoms with Crippen LogP contribution < -0.4 is 5.32 Å². The second kappa shape index (κ2) is 7.30. The first-order chi connectivity index (χ1) is 12.2. The molecule has 132 valence electrons. The Labute approximate surface area is 153 Å². The van der Waals surface area contributed by atoms with Crippen molar-refractivity contribution in [3.8, 4) is 11.4 Å². The van der Waals surface area contributed by atoms with E-state index in [9.17, 15) is 5.11 Å². The zero-order valence-electron chi connectivity index (χ0n) is 14.3. The summed E-state index contributed by atoms with van der Waals surface area (Å²) in [5.41, 5.74) is 3.42. The number of nitrogens with zero attached hydrogens (tertiary/aromatic N) is 2. The third kappa shape index (κ3) is 3.80. The Morgan fingerprint density at radius 2 is 1.84 bits per heavy atom. The van der Waals surface area contributed by atoms with E-state index in [4.69, 9.17) is 21.6 Å². The van der Waals surface area contributed by atoms with Crippen molar-refractivity contribution in [1.82, 2.24) is 9.97 Å². The Morgan fingerprint density at radius 1 is 1.04 bits per heavy atom. The molecule has 0 atom stereocenters. The first-order valence-electron chi connectivity index (χ1n) is 9.29. The fourth-order valence-electron chi connectivity index (χ4n) is 3.88. The largest absolute Gasteiger partial charge is 0.393 e. The molecule has 2 aliphatic carbocycles. The molecule has 0 unspecified atom stereocenters. The van der Waals surface area contributed by atoms with E-state index in [0.717, 1.165) is 55.7 Å². The van der Waals surface area contributed by atoms with E-state index in [2.05, 4.69) is 5.32 Å². The molecule has 1 aromatic heterocycles. The zero-order chi connectivity index (χ0) is 17.2. The number of fused-ring (bicyclic) bond motifs is 1. The van der Waals surface area contributed by atoms with Crippen LogP contribution in [-0.4, -0.2) is 27.2 Å². The normalized spacial score (nSPS) is 23.1. The maximum Gasteiger partial charge on any atom is 0.161 e. The number of halogens is 1. The molecular formula is C20H24ClN3O. The predicted molar refractivity (Wildman–Crippen MR) is 101 cm³/mol. The van der Waals surface area contributed by atoms with Crippen LogP contribution in [0.25, 0.3) is 11.4 Å². The number of aliphatic hydroxyl groups is 1. The summed E-state index contributed by atoms with van der Waals surface area (Å²) in [4.78, 5) is 9.71. The second-order valence-corrected chi connectivity index (χ2v) is 7.62. The van der Waals surface area contributed by atoms with Crippen molar-refractivity contribution < 1.29 is 5.11 Å². The van der Waals surface area contributed by atoms with Crippen molar-refractivity contribution in [1.29, 1.82) is 0 Å². The molecule has 25 heavy (non-hydrogen) atoms. The molecule has 1 saturated carbocycles.